The van der Waals surface area contributed by atoms with Crippen LogP contribution in [0.1, 0.15) is 0 Å². The lowest BCUT2D eigenvalue weighted by Gasteiger charge is -2.11. The first-order valence-electron chi connectivity index (χ1n) is 10.00. The topological polar surface area (TPSA) is 97.8 Å². The van der Waals surface area contributed by atoms with Gasteiger partial charge in [0.15, 0.2) is 11.4 Å². The minimum atomic E-state index is -4.83. The molecule has 170 valence electrons. The van der Waals surface area contributed by atoms with E-state index in [-0.39, 0.29) is 30.6 Å². The summed E-state index contributed by atoms with van der Waals surface area (Å²) in [4.78, 5) is 24.8. The van der Waals surface area contributed by atoms with Gasteiger partial charge in [0, 0.05) is 18.2 Å². The van der Waals surface area contributed by atoms with Gasteiger partial charge in [-0.1, -0.05) is 30.3 Å². The summed E-state index contributed by atoms with van der Waals surface area (Å²) in [6.07, 6.45) is -4.83. The van der Waals surface area contributed by atoms with Crippen molar-refractivity contribution < 1.29 is 32.2 Å². The molecule has 2 aliphatic heterocycles. The summed E-state index contributed by atoms with van der Waals surface area (Å²) in [6, 6.07) is 15.9. The molecule has 2 saturated heterocycles. The molecule has 3 heterocycles. The van der Waals surface area contributed by atoms with Gasteiger partial charge < -0.3 is 20.1 Å². The minimum Gasteiger partial charge on any atom is -0.406 e. The van der Waals surface area contributed by atoms with Gasteiger partial charge in [-0.2, -0.15) is 0 Å². The van der Waals surface area contributed by atoms with Gasteiger partial charge in [-0.25, -0.2) is 4.68 Å². The summed E-state index contributed by atoms with van der Waals surface area (Å²) in [5.41, 5.74) is 0.336. The number of nitrogens with zero attached hydrogens (tertiary/aromatic N) is 2. The van der Waals surface area contributed by atoms with Crippen molar-refractivity contribution in [3.05, 3.63) is 60.7 Å². The van der Waals surface area contributed by atoms with E-state index in [1.165, 1.54) is 22.9 Å². The molecule has 2 amide bonds. The highest BCUT2D eigenvalue weighted by atomic mass is 19.4. The fourth-order valence-corrected chi connectivity index (χ4v) is 3.86. The van der Waals surface area contributed by atoms with Crippen molar-refractivity contribution in [2.75, 3.05) is 18.5 Å². The molecular weight excluding hydrogens is 441 g/mol. The van der Waals surface area contributed by atoms with Crippen LogP contribution in [0, 0.1) is 5.92 Å². The maximum Gasteiger partial charge on any atom is 0.573 e. The lowest BCUT2D eigenvalue weighted by atomic mass is 9.95. The first-order valence-corrected chi connectivity index (χ1v) is 10.00. The first-order chi connectivity index (χ1) is 15.7. The van der Waals surface area contributed by atoms with Crippen molar-refractivity contribution in [1.29, 1.82) is 0 Å². The van der Waals surface area contributed by atoms with Gasteiger partial charge in [0.05, 0.1) is 23.9 Å². The number of epoxide rings is 1. The second kappa shape index (κ2) is 7.62. The highest BCUT2D eigenvalue weighted by molar-refractivity contribution is 6.02. The van der Waals surface area contributed by atoms with Crippen molar-refractivity contribution >= 4 is 17.6 Å². The van der Waals surface area contributed by atoms with E-state index in [9.17, 15) is 22.8 Å². The number of nitrogens with one attached hydrogen (secondary N) is 2. The Morgan fingerprint density at radius 1 is 1.18 bits per heavy atom. The van der Waals surface area contributed by atoms with Crippen LogP contribution in [0.4, 0.5) is 19.0 Å². The number of aromatic nitrogens is 2. The molecule has 2 aromatic carbocycles. The lowest BCUT2D eigenvalue weighted by molar-refractivity contribution is -0.274. The molecule has 2 fully saturated rings. The Morgan fingerprint density at radius 3 is 2.64 bits per heavy atom. The van der Waals surface area contributed by atoms with E-state index in [2.05, 4.69) is 20.5 Å². The smallest absolute Gasteiger partial charge is 0.406 e. The zero-order chi connectivity index (χ0) is 23.2. The number of anilines is 1. The van der Waals surface area contributed by atoms with Gasteiger partial charge in [-0.3, -0.25) is 9.59 Å². The summed E-state index contributed by atoms with van der Waals surface area (Å²) in [6.45, 7) is 0.320. The third-order valence-electron chi connectivity index (χ3n) is 5.51. The molecule has 8 nitrogen and oxygen atoms in total. The fourth-order valence-electron chi connectivity index (χ4n) is 3.86. The molecule has 0 saturated carbocycles. The Morgan fingerprint density at radius 2 is 1.94 bits per heavy atom. The number of alkyl halides is 3. The molecule has 33 heavy (non-hydrogen) atoms. The zero-order valence-corrected chi connectivity index (χ0v) is 16.9. The molecule has 11 heteroatoms. The summed E-state index contributed by atoms with van der Waals surface area (Å²) in [5, 5.41) is 9.76. The van der Waals surface area contributed by atoms with E-state index in [1.54, 1.807) is 36.4 Å². The molecule has 0 aliphatic carbocycles. The molecule has 1 spiro atoms. The Hall–Kier alpha value is -3.86. The van der Waals surface area contributed by atoms with Crippen molar-refractivity contribution in [1.82, 2.24) is 15.1 Å². The van der Waals surface area contributed by atoms with E-state index in [0.29, 0.717) is 16.9 Å². The summed E-state index contributed by atoms with van der Waals surface area (Å²) in [5.74, 6) is -1.67. The molecule has 1 aromatic heterocycles. The standard InChI is InChI=1S/C22H17F3N4O4/c23-22(24,25)33-15-8-4-5-13(9-15)17-10-18(28-29(17)14-6-2-1-3-7-14)27-19(30)16-11-26-20(31)21(16)12-32-21/h1-10,16H,11-12H2,(H,26,31)(H,27,28,30). The predicted octanol–water partition coefficient (Wildman–Crippen LogP) is 2.89. The van der Waals surface area contributed by atoms with Crippen LogP contribution in [0.15, 0.2) is 60.7 Å². The van der Waals surface area contributed by atoms with Gasteiger partial charge in [0.2, 0.25) is 5.91 Å². The normalized spacial score (nSPS) is 21.7. The third kappa shape index (κ3) is 4.02. The van der Waals surface area contributed by atoms with Gasteiger partial charge >= 0.3 is 6.36 Å². The number of carbonyl (C=O) groups excluding carboxylic acids is 2. The molecule has 0 radical (unpaired) electrons. The first kappa shape index (κ1) is 21.0. The number of benzene rings is 2. The van der Waals surface area contributed by atoms with Crippen LogP contribution in [-0.2, 0) is 14.3 Å². The van der Waals surface area contributed by atoms with Crippen LogP contribution in [0.25, 0.3) is 16.9 Å². The summed E-state index contributed by atoms with van der Waals surface area (Å²) < 4.78 is 48.8. The number of hydrogen-bond donors (Lipinski definition) is 2. The van der Waals surface area contributed by atoms with E-state index >= 15 is 0 Å². The van der Waals surface area contributed by atoms with E-state index in [0.717, 1.165) is 0 Å². The Bertz CT molecular complexity index is 1220. The van der Waals surface area contributed by atoms with E-state index in [4.69, 9.17) is 4.74 Å². The van der Waals surface area contributed by atoms with Gasteiger partial charge in [-0.15, -0.1) is 18.3 Å². The van der Waals surface area contributed by atoms with Crippen molar-refractivity contribution in [2.24, 2.45) is 5.92 Å². The van der Waals surface area contributed by atoms with Crippen molar-refractivity contribution in [2.45, 2.75) is 12.0 Å². The third-order valence-corrected chi connectivity index (χ3v) is 5.51. The van der Waals surface area contributed by atoms with Crippen LogP contribution in [-0.4, -0.2) is 46.7 Å². The average molecular weight is 458 g/mol. The molecule has 2 atom stereocenters. The largest absolute Gasteiger partial charge is 0.573 e. The maximum absolute atomic E-state index is 12.8. The van der Waals surface area contributed by atoms with E-state index < -0.39 is 23.8 Å². The van der Waals surface area contributed by atoms with Crippen molar-refractivity contribution in [3.8, 4) is 22.7 Å². The van der Waals surface area contributed by atoms with Crippen LogP contribution in [0.3, 0.4) is 0 Å². The highest BCUT2D eigenvalue weighted by Crippen LogP contribution is 2.40. The van der Waals surface area contributed by atoms with Gasteiger partial charge in [-0.05, 0) is 24.3 Å². The monoisotopic (exact) mass is 458 g/mol. The fraction of sp³-hybridized carbons (Fsp3) is 0.227. The highest BCUT2D eigenvalue weighted by Gasteiger charge is 2.64. The molecule has 5 rings (SSSR count). The Balaban J connectivity index is 1.49. The van der Waals surface area contributed by atoms with Crippen LogP contribution in [0.2, 0.25) is 0 Å². The van der Waals surface area contributed by atoms with Crippen LogP contribution >= 0.6 is 0 Å². The number of halogens is 3. The molecular formula is C22H17F3N4O4. The molecule has 2 unspecified atom stereocenters. The zero-order valence-electron chi connectivity index (χ0n) is 16.9. The average Bonchev–Trinajstić information content (AvgIpc) is 3.35. The van der Waals surface area contributed by atoms with Gasteiger partial charge in [0.25, 0.3) is 5.91 Å². The predicted molar refractivity (Wildman–Crippen MR) is 109 cm³/mol. The molecule has 0 bridgehead atoms. The number of hydrogen-bond acceptors (Lipinski definition) is 5. The molecule has 3 aromatic rings. The number of ether oxygens (including phenoxy) is 2. The second-order valence-corrected chi connectivity index (χ2v) is 7.67. The molecule has 2 aliphatic rings. The van der Waals surface area contributed by atoms with Crippen molar-refractivity contribution in [3.63, 3.8) is 0 Å². The van der Waals surface area contributed by atoms with Crippen LogP contribution < -0.4 is 15.4 Å². The lowest BCUT2D eigenvalue weighted by Crippen LogP contribution is -2.36. The number of amides is 2. The SMILES string of the molecule is O=C(Nc1cc(-c2cccc(OC(F)(F)F)c2)n(-c2ccccc2)n1)C1CNC(=O)C12CO2. The Labute approximate surface area is 185 Å². The van der Waals surface area contributed by atoms with Crippen LogP contribution in [0.5, 0.6) is 5.75 Å². The van der Waals surface area contributed by atoms with E-state index in [1.807, 2.05) is 6.07 Å². The minimum absolute atomic E-state index is 0.147. The summed E-state index contributed by atoms with van der Waals surface area (Å²) in [7, 11) is 0. The number of carbonyl (C=O) groups is 2. The number of rotatable bonds is 5. The quantitative estimate of drug-likeness (QED) is 0.573. The van der Waals surface area contributed by atoms with Gasteiger partial charge in [0.1, 0.15) is 5.75 Å². The number of para-hydroxylation sites is 1. The molecule has 2 N–H and O–H groups in total. The summed E-state index contributed by atoms with van der Waals surface area (Å²) >= 11 is 0. The maximum atomic E-state index is 12.8. The second-order valence-electron chi connectivity index (χ2n) is 7.67. The Kier molecular flexibility index (Phi) is 4.85.